The van der Waals surface area contributed by atoms with Gasteiger partial charge in [0.15, 0.2) is 0 Å². The lowest BCUT2D eigenvalue weighted by Crippen LogP contribution is -2.07. The Balaban J connectivity index is 2.05. The molecule has 7 nitrogen and oxygen atoms in total. The van der Waals surface area contributed by atoms with Crippen LogP contribution in [0.25, 0.3) is 0 Å². The number of hydrogen-bond acceptors (Lipinski definition) is 6. The fourth-order valence-electron chi connectivity index (χ4n) is 1.14. The summed E-state index contributed by atoms with van der Waals surface area (Å²) in [5, 5.41) is 14.8. The van der Waals surface area contributed by atoms with Gasteiger partial charge >= 0.3 is 6.01 Å². The van der Waals surface area contributed by atoms with Crippen LogP contribution >= 0.6 is 0 Å². The number of ether oxygens (including phenoxy) is 1. The molecular formula is C9H12N6O. The van der Waals surface area contributed by atoms with E-state index in [2.05, 4.69) is 25.6 Å². The van der Waals surface area contributed by atoms with Gasteiger partial charge in [-0.2, -0.15) is 10.1 Å². The third kappa shape index (κ3) is 2.51. The van der Waals surface area contributed by atoms with Gasteiger partial charge in [-0.15, -0.1) is 10.2 Å². The molecule has 0 saturated carbocycles. The van der Waals surface area contributed by atoms with Crippen molar-refractivity contribution in [1.29, 1.82) is 0 Å². The third-order valence-corrected chi connectivity index (χ3v) is 1.83. The van der Waals surface area contributed by atoms with Gasteiger partial charge in [0.1, 0.15) is 6.33 Å². The predicted octanol–water partition coefficient (Wildman–Crippen LogP) is 0.117. The van der Waals surface area contributed by atoms with Crippen molar-refractivity contribution in [2.45, 2.75) is 6.54 Å². The summed E-state index contributed by atoms with van der Waals surface area (Å²) >= 11 is 0. The summed E-state index contributed by atoms with van der Waals surface area (Å²) in [5.74, 6) is 0.381. The Hall–Kier alpha value is -2.02. The van der Waals surface area contributed by atoms with Crippen molar-refractivity contribution >= 4 is 0 Å². The molecule has 1 N–H and O–H groups in total. The minimum Gasteiger partial charge on any atom is -0.402 e. The molecule has 0 spiro atoms. The predicted molar refractivity (Wildman–Crippen MR) is 55.9 cm³/mol. The highest BCUT2D eigenvalue weighted by atomic mass is 16.5. The summed E-state index contributed by atoms with van der Waals surface area (Å²) < 4.78 is 6.85. The highest BCUT2D eigenvalue weighted by Gasteiger charge is 2.03. The standard InChI is InChI=1S/C9H12N6O/c1-10-5-7-3-4-8(13-12-7)16-9-11-6-15(2)14-9/h3-4,6,10H,5H2,1-2H3. The number of aromatic nitrogens is 5. The molecule has 0 aliphatic carbocycles. The van der Waals surface area contributed by atoms with E-state index in [1.54, 1.807) is 24.1 Å². The molecule has 0 unspecified atom stereocenters. The van der Waals surface area contributed by atoms with E-state index in [9.17, 15) is 0 Å². The first-order valence-electron chi connectivity index (χ1n) is 4.78. The number of rotatable bonds is 4. The second-order valence-electron chi connectivity index (χ2n) is 3.20. The van der Waals surface area contributed by atoms with Gasteiger partial charge in [0.05, 0.1) is 5.69 Å². The van der Waals surface area contributed by atoms with Crippen LogP contribution in [-0.4, -0.2) is 32.0 Å². The Labute approximate surface area is 92.5 Å². The zero-order valence-corrected chi connectivity index (χ0v) is 9.08. The lowest BCUT2D eigenvalue weighted by atomic mass is 10.4. The van der Waals surface area contributed by atoms with Crippen LogP contribution in [0.3, 0.4) is 0 Å². The Morgan fingerprint density at radius 3 is 2.81 bits per heavy atom. The first kappa shape index (κ1) is 10.5. The van der Waals surface area contributed by atoms with Gasteiger partial charge in [0.25, 0.3) is 0 Å². The molecule has 0 aromatic carbocycles. The Kier molecular flexibility index (Phi) is 3.06. The summed E-state index contributed by atoms with van der Waals surface area (Å²) in [5.41, 5.74) is 0.851. The molecule has 2 heterocycles. The molecule has 0 aliphatic rings. The van der Waals surface area contributed by atoms with Crippen molar-refractivity contribution in [3.05, 3.63) is 24.2 Å². The van der Waals surface area contributed by atoms with Crippen LogP contribution in [0, 0.1) is 0 Å². The van der Waals surface area contributed by atoms with Crippen LogP contribution in [0.1, 0.15) is 5.69 Å². The van der Waals surface area contributed by atoms with Gasteiger partial charge in [-0.3, -0.25) is 4.68 Å². The molecule has 0 atom stereocenters. The highest BCUT2D eigenvalue weighted by Crippen LogP contribution is 2.12. The van der Waals surface area contributed by atoms with Crippen molar-refractivity contribution in [3.63, 3.8) is 0 Å². The molecule has 2 aromatic rings. The lowest BCUT2D eigenvalue weighted by molar-refractivity contribution is 0.415. The Morgan fingerprint density at radius 2 is 2.25 bits per heavy atom. The van der Waals surface area contributed by atoms with E-state index in [-0.39, 0.29) is 6.01 Å². The fraction of sp³-hybridized carbons (Fsp3) is 0.333. The lowest BCUT2D eigenvalue weighted by Gasteiger charge is -2.00. The van der Waals surface area contributed by atoms with Crippen molar-refractivity contribution < 1.29 is 4.74 Å². The van der Waals surface area contributed by atoms with Gasteiger partial charge in [-0.1, -0.05) is 0 Å². The topological polar surface area (TPSA) is 77.8 Å². The molecule has 0 radical (unpaired) electrons. The Morgan fingerprint density at radius 1 is 1.38 bits per heavy atom. The normalized spacial score (nSPS) is 10.4. The molecule has 7 heteroatoms. The molecular weight excluding hydrogens is 208 g/mol. The highest BCUT2D eigenvalue weighted by molar-refractivity contribution is 5.14. The van der Waals surface area contributed by atoms with Gasteiger partial charge in [0.2, 0.25) is 5.88 Å². The SMILES string of the molecule is CNCc1ccc(Oc2ncn(C)n2)nn1. The Bertz CT molecular complexity index is 451. The number of hydrogen-bond donors (Lipinski definition) is 1. The second kappa shape index (κ2) is 4.67. The maximum Gasteiger partial charge on any atom is 0.342 e. The van der Waals surface area contributed by atoms with Crippen LogP contribution in [0.5, 0.6) is 11.9 Å². The zero-order chi connectivity index (χ0) is 11.4. The second-order valence-corrected chi connectivity index (χ2v) is 3.20. The van der Waals surface area contributed by atoms with Gasteiger partial charge in [0, 0.05) is 19.7 Å². The maximum absolute atomic E-state index is 5.30. The van der Waals surface area contributed by atoms with Crippen LogP contribution < -0.4 is 10.1 Å². The third-order valence-electron chi connectivity index (χ3n) is 1.83. The number of nitrogens with one attached hydrogen (secondary N) is 1. The summed E-state index contributed by atoms with van der Waals surface area (Å²) in [7, 11) is 3.62. The molecule has 0 aliphatic heterocycles. The molecule has 0 fully saturated rings. The molecule has 2 rings (SSSR count). The van der Waals surface area contributed by atoms with E-state index in [1.807, 2.05) is 13.1 Å². The van der Waals surface area contributed by atoms with Gasteiger partial charge in [-0.05, 0) is 13.1 Å². The monoisotopic (exact) mass is 220 g/mol. The van der Waals surface area contributed by atoms with E-state index in [1.165, 1.54) is 0 Å². The maximum atomic E-state index is 5.30. The van der Waals surface area contributed by atoms with Crippen molar-refractivity contribution in [1.82, 2.24) is 30.3 Å². The average molecular weight is 220 g/mol. The fourth-order valence-corrected chi connectivity index (χ4v) is 1.14. The first-order valence-corrected chi connectivity index (χ1v) is 4.78. The first-order chi connectivity index (χ1) is 7.78. The smallest absolute Gasteiger partial charge is 0.342 e. The van der Waals surface area contributed by atoms with Crippen molar-refractivity contribution in [2.75, 3.05) is 7.05 Å². The van der Waals surface area contributed by atoms with E-state index >= 15 is 0 Å². The van der Waals surface area contributed by atoms with Crippen LogP contribution in [-0.2, 0) is 13.6 Å². The van der Waals surface area contributed by atoms with Crippen LogP contribution in [0.2, 0.25) is 0 Å². The average Bonchev–Trinajstić information content (AvgIpc) is 2.67. The molecule has 0 saturated heterocycles. The molecule has 0 bridgehead atoms. The molecule has 0 amide bonds. The van der Waals surface area contributed by atoms with Gasteiger partial charge in [-0.25, -0.2) is 0 Å². The van der Waals surface area contributed by atoms with E-state index in [4.69, 9.17) is 4.74 Å². The molecule has 2 aromatic heterocycles. The summed E-state index contributed by atoms with van der Waals surface area (Å²) in [6.07, 6.45) is 1.55. The van der Waals surface area contributed by atoms with E-state index in [0.717, 1.165) is 5.69 Å². The van der Waals surface area contributed by atoms with Crippen molar-refractivity contribution in [3.8, 4) is 11.9 Å². The summed E-state index contributed by atoms with van der Waals surface area (Å²) in [6, 6.07) is 3.83. The largest absolute Gasteiger partial charge is 0.402 e. The van der Waals surface area contributed by atoms with E-state index < -0.39 is 0 Å². The van der Waals surface area contributed by atoms with Crippen LogP contribution in [0.4, 0.5) is 0 Å². The number of nitrogens with zero attached hydrogens (tertiary/aromatic N) is 5. The zero-order valence-electron chi connectivity index (χ0n) is 9.08. The van der Waals surface area contributed by atoms with Crippen molar-refractivity contribution in [2.24, 2.45) is 7.05 Å². The number of aryl methyl sites for hydroxylation is 1. The molecule has 16 heavy (non-hydrogen) atoms. The summed E-state index contributed by atoms with van der Waals surface area (Å²) in [6.45, 7) is 0.676. The van der Waals surface area contributed by atoms with E-state index in [0.29, 0.717) is 12.4 Å². The van der Waals surface area contributed by atoms with Gasteiger partial charge < -0.3 is 10.1 Å². The minimum absolute atomic E-state index is 0.262. The minimum atomic E-state index is 0.262. The molecule has 84 valence electrons. The van der Waals surface area contributed by atoms with Crippen LogP contribution in [0.15, 0.2) is 18.5 Å². The quantitative estimate of drug-likeness (QED) is 0.788. The summed E-state index contributed by atoms with van der Waals surface area (Å²) in [4.78, 5) is 3.92.